The Labute approximate surface area is 127 Å². The Bertz CT molecular complexity index is 496. The van der Waals surface area contributed by atoms with E-state index in [1.54, 1.807) is 6.07 Å². The summed E-state index contributed by atoms with van der Waals surface area (Å²) >= 11 is 5.28. The van der Waals surface area contributed by atoms with Gasteiger partial charge in [0.15, 0.2) is 5.11 Å². The first-order chi connectivity index (χ1) is 9.90. The molecule has 0 atom stereocenters. The van der Waals surface area contributed by atoms with E-state index in [4.69, 9.17) is 12.2 Å². The van der Waals surface area contributed by atoms with Crippen LogP contribution >= 0.6 is 12.2 Å². The largest absolute Gasteiger partial charge is 0.416 e. The number of benzene rings is 1. The zero-order valence-electron chi connectivity index (χ0n) is 11.8. The minimum Gasteiger partial charge on any atom is -0.346 e. The van der Waals surface area contributed by atoms with Crippen LogP contribution in [-0.2, 0) is 6.18 Å². The number of halogens is 3. The maximum Gasteiger partial charge on any atom is 0.416 e. The normalized spacial score (nSPS) is 16.9. The molecule has 0 saturated carbocycles. The maximum absolute atomic E-state index is 12.7. The molecule has 0 unspecified atom stereocenters. The Morgan fingerprint density at radius 1 is 1.24 bits per heavy atom. The monoisotopic (exact) mass is 317 g/mol. The molecule has 21 heavy (non-hydrogen) atoms. The summed E-state index contributed by atoms with van der Waals surface area (Å²) in [5.74, 6) is 0. The third-order valence-electron chi connectivity index (χ3n) is 3.55. The predicted molar refractivity (Wildman–Crippen MR) is 81.4 cm³/mol. The lowest BCUT2D eigenvalue weighted by molar-refractivity contribution is -0.137. The van der Waals surface area contributed by atoms with Crippen LogP contribution in [0.5, 0.6) is 0 Å². The zero-order valence-corrected chi connectivity index (χ0v) is 12.6. The SMILES string of the molecule is CCN1CCN(C(=S)Nc2cccc(C(F)(F)F)c2)CC1. The van der Waals surface area contributed by atoms with Gasteiger partial charge >= 0.3 is 6.18 Å². The van der Waals surface area contributed by atoms with Crippen molar-refractivity contribution in [3.63, 3.8) is 0 Å². The first-order valence-electron chi connectivity index (χ1n) is 6.85. The van der Waals surface area contributed by atoms with Crippen molar-refractivity contribution in [2.24, 2.45) is 0 Å². The molecule has 116 valence electrons. The number of nitrogens with one attached hydrogen (secondary N) is 1. The number of thiocarbonyl (C=S) groups is 1. The van der Waals surface area contributed by atoms with Crippen molar-refractivity contribution >= 4 is 23.0 Å². The number of hydrogen-bond acceptors (Lipinski definition) is 2. The minimum atomic E-state index is -4.34. The van der Waals surface area contributed by atoms with Gasteiger partial charge in [0.2, 0.25) is 0 Å². The lowest BCUT2D eigenvalue weighted by Crippen LogP contribution is -2.49. The fourth-order valence-corrected chi connectivity index (χ4v) is 2.54. The summed E-state index contributed by atoms with van der Waals surface area (Å²) in [6.45, 7) is 6.52. The number of hydrogen-bond donors (Lipinski definition) is 1. The molecule has 1 aliphatic rings. The van der Waals surface area contributed by atoms with Crippen LogP contribution in [0.15, 0.2) is 24.3 Å². The number of nitrogens with zero attached hydrogens (tertiary/aromatic N) is 2. The van der Waals surface area contributed by atoms with Crippen LogP contribution in [0.3, 0.4) is 0 Å². The van der Waals surface area contributed by atoms with Gasteiger partial charge in [-0.2, -0.15) is 13.2 Å². The second-order valence-corrected chi connectivity index (χ2v) is 5.32. The van der Waals surface area contributed by atoms with E-state index in [0.29, 0.717) is 10.8 Å². The molecule has 1 aromatic rings. The molecule has 0 bridgehead atoms. The van der Waals surface area contributed by atoms with Gasteiger partial charge in [-0.05, 0) is 37.0 Å². The van der Waals surface area contributed by atoms with E-state index in [1.807, 2.05) is 4.90 Å². The van der Waals surface area contributed by atoms with Crippen molar-refractivity contribution in [3.05, 3.63) is 29.8 Å². The van der Waals surface area contributed by atoms with E-state index < -0.39 is 11.7 Å². The third-order valence-corrected chi connectivity index (χ3v) is 3.91. The van der Waals surface area contributed by atoms with Gasteiger partial charge in [-0.3, -0.25) is 0 Å². The highest BCUT2D eigenvalue weighted by atomic mass is 32.1. The van der Waals surface area contributed by atoms with Crippen molar-refractivity contribution in [2.75, 3.05) is 38.0 Å². The molecule has 1 N–H and O–H groups in total. The summed E-state index contributed by atoms with van der Waals surface area (Å²) in [4.78, 5) is 4.30. The third kappa shape index (κ3) is 4.31. The molecule has 7 heteroatoms. The average Bonchev–Trinajstić information content (AvgIpc) is 2.47. The first kappa shape index (κ1) is 16.0. The standard InChI is InChI=1S/C14H18F3N3S/c1-2-19-6-8-20(9-7-19)13(21)18-12-5-3-4-11(10-12)14(15,16)17/h3-5,10H,2,6-9H2,1H3,(H,18,21). The van der Waals surface area contributed by atoms with Crippen molar-refractivity contribution < 1.29 is 13.2 Å². The lowest BCUT2D eigenvalue weighted by Gasteiger charge is -2.35. The maximum atomic E-state index is 12.7. The highest BCUT2D eigenvalue weighted by Gasteiger charge is 2.30. The second-order valence-electron chi connectivity index (χ2n) is 4.93. The van der Waals surface area contributed by atoms with Crippen LogP contribution in [0.1, 0.15) is 12.5 Å². The van der Waals surface area contributed by atoms with Crippen LogP contribution in [0, 0.1) is 0 Å². The van der Waals surface area contributed by atoms with Crippen molar-refractivity contribution in [1.82, 2.24) is 9.80 Å². The van der Waals surface area contributed by atoms with E-state index in [1.165, 1.54) is 6.07 Å². The van der Waals surface area contributed by atoms with Gasteiger partial charge in [0, 0.05) is 31.9 Å². The molecule has 1 fully saturated rings. The molecule has 0 aliphatic carbocycles. The zero-order chi connectivity index (χ0) is 15.5. The topological polar surface area (TPSA) is 18.5 Å². The Balaban J connectivity index is 1.97. The lowest BCUT2D eigenvalue weighted by atomic mass is 10.2. The van der Waals surface area contributed by atoms with Crippen LogP contribution in [0.25, 0.3) is 0 Å². The quantitative estimate of drug-likeness (QED) is 0.845. The van der Waals surface area contributed by atoms with Gasteiger partial charge < -0.3 is 15.1 Å². The van der Waals surface area contributed by atoms with Gasteiger partial charge in [0.05, 0.1) is 5.56 Å². The van der Waals surface area contributed by atoms with Crippen molar-refractivity contribution in [2.45, 2.75) is 13.1 Å². The van der Waals surface area contributed by atoms with Crippen LogP contribution in [-0.4, -0.2) is 47.6 Å². The fourth-order valence-electron chi connectivity index (χ4n) is 2.24. The highest BCUT2D eigenvalue weighted by Crippen LogP contribution is 2.30. The molecular formula is C14H18F3N3S. The predicted octanol–water partition coefficient (Wildman–Crippen LogP) is 3.04. The summed E-state index contributed by atoms with van der Waals surface area (Å²) in [6, 6.07) is 5.09. The van der Waals surface area contributed by atoms with E-state index in [2.05, 4.69) is 17.1 Å². The van der Waals surface area contributed by atoms with Crippen LogP contribution in [0.2, 0.25) is 0 Å². The van der Waals surface area contributed by atoms with Gasteiger partial charge in [0.25, 0.3) is 0 Å². The first-order valence-corrected chi connectivity index (χ1v) is 7.26. The van der Waals surface area contributed by atoms with E-state index in [9.17, 15) is 13.2 Å². The van der Waals surface area contributed by atoms with Crippen LogP contribution < -0.4 is 5.32 Å². The molecular weight excluding hydrogens is 299 g/mol. The average molecular weight is 317 g/mol. The molecule has 1 aromatic carbocycles. The van der Waals surface area contributed by atoms with Gasteiger partial charge in [-0.1, -0.05) is 13.0 Å². The smallest absolute Gasteiger partial charge is 0.346 e. The number of likely N-dealkylation sites (N-methyl/N-ethyl adjacent to an activating group) is 1. The fraction of sp³-hybridized carbons (Fsp3) is 0.500. The number of piperazine rings is 1. The van der Waals surface area contributed by atoms with Gasteiger partial charge in [-0.15, -0.1) is 0 Å². The Hall–Kier alpha value is -1.34. The van der Waals surface area contributed by atoms with Crippen LogP contribution in [0.4, 0.5) is 18.9 Å². The summed E-state index contributed by atoms with van der Waals surface area (Å²) in [7, 11) is 0. The molecule has 1 aliphatic heterocycles. The second kappa shape index (κ2) is 6.62. The number of rotatable bonds is 2. The number of alkyl halides is 3. The molecule has 1 heterocycles. The number of anilines is 1. The minimum absolute atomic E-state index is 0.368. The van der Waals surface area contributed by atoms with E-state index in [-0.39, 0.29) is 0 Å². The molecule has 0 aromatic heterocycles. The molecule has 0 radical (unpaired) electrons. The highest BCUT2D eigenvalue weighted by molar-refractivity contribution is 7.80. The van der Waals surface area contributed by atoms with E-state index >= 15 is 0 Å². The van der Waals surface area contributed by atoms with Gasteiger partial charge in [0.1, 0.15) is 0 Å². The summed E-state index contributed by atoms with van der Waals surface area (Å²) < 4.78 is 38.0. The summed E-state index contributed by atoms with van der Waals surface area (Å²) in [5, 5.41) is 3.37. The van der Waals surface area contributed by atoms with E-state index in [0.717, 1.165) is 44.9 Å². The Morgan fingerprint density at radius 2 is 1.90 bits per heavy atom. The summed E-state index contributed by atoms with van der Waals surface area (Å²) in [6.07, 6.45) is -4.34. The molecule has 2 rings (SSSR count). The Kier molecular flexibility index (Phi) is 5.05. The summed E-state index contributed by atoms with van der Waals surface area (Å²) in [5.41, 5.74) is -0.307. The van der Waals surface area contributed by atoms with Crippen molar-refractivity contribution in [1.29, 1.82) is 0 Å². The molecule has 0 spiro atoms. The Morgan fingerprint density at radius 3 is 2.48 bits per heavy atom. The molecule has 3 nitrogen and oxygen atoms in total. The van der Waals surface area contributed by atoms with Crippen molar-refractivity contribution in [3.8, 4) is 0 Å². The molecule has 1 saturated heterocycles. The van der Waals surface area contributed by atoms with Gasteiger partial charge in [-0.25, -0.2) is 0 Å². The molecule has 0 amide bonds.